The number of carbonyl (C=O) groups excluding carboxylic acids is 2. The van der Waals surface area contributed by atoms with Gasteiger partial charge in [-0.1, -0.05) is 32.2 Å². The molecule has 0 radical (unpaired) electrons. The Bertz CT molecular complexity index is 580. The van der Waals surface area contributed by atoms with Gasteiger partial charge in [0.15, 0.2) is 0 Å². The van der Waals surface area contributed by atoms with Crippen molar-refractivity contribution in [3.63, 3.8) is 0 Å². The second-order valence-corrected chi connectivity index (χ2v) is 11.9. The summed E-state index contributed by atoms with van der Waals surface area (Å²) in [6, 6.07) is 0. The summed E-state index contributed by atoms with van der Waals surface area (Å²) in [4.78, 5) is 28.3. The Morgan fingerprint density at radius 1 is 1.35 bits per heavy atom. The molecule has 1 rings (SSSR count). The lowest BCUT2D eigenvalue weighted by atomic mass is 9.90. The van der Waals surface area contributed by atoms with Crippen molar-refractivity contribution < 1.29 is 23.4 Å². The minimum absolute atomic E-state index is 0.0957. The molecule has 8 nitrogen and oxygen atoms in total. The fourth-order valence-corrected chi connectivity index (χ4v) is 4.00. The average Bonchev–Trinajstić information content (AvgIpc) is 3.02. The van der Waals surface area contributed by atoms with Crippen molar-refractivity contribution in [3.8, 4) is 0 Å². The van der Waals surface area contributed by atoms with Crippen molar-refractivity contribution in [2.24, 2.45) is 5.41 Å². The van der Waals surface area contributed by atoms with E-state index in [1.807, 2.05) is 0 Å². The summed E-state index contributed by atoms with van der Waals surface area (Å²) in [5, 5.41) is 3.88. The highest BCUT2D eigenvalue weighted by Gasteiger charge is 2.34. The van der Waals surface area contributed by atoms with Gasteiger partial charge in [-0.2, -0.15) is 5.10 Å². The highest BCUT2D eigenvalue weighted by atomic mass is 32.9. The summed E-state index contributed by atoms with van der Waals surface area (Å²) in [5.74, 6) is -1.00. The summed E-state index contributed by atoms with van der Waals surface area (Å²) >= 11 is 6.19. The number of nitrogens with zero attached hydrogens (tertiary/aromatic N) is 3. The lowest BCUT2D eigenvalue weighted by molar-refractivity contribution is -0.162. The quantitative estimate of drug-likeness (QED) is 0.496. The van der Waals surface area contributed by atoms with Gasteiger partial charge in [-0.25, -0.2) is 9.67 Å². The maximum absolute atomic E-state index is 12.5. The zero-order valence-electron chi connectivity index (χ0n) is 13.6. The highest BCUT2D eigenvalue weighted by Crippen LogP contribution is 2.59. The summed E-state index contributed by atoms with van der Waals surface area (Å²) < 4.78 is 16.6. The van der Waals surface area contributed by atoms with Crippen LogP contribution in [0, 0.1) is 5.41 Å². The van der Waals surface area contributed by atoms with E-state index in [-0.39, 0.29) is 11.5 Å². The third-order valence-corrected chi connectivity index (χ3v) is 8.32. The number of ether oxygens (including phenoxy) is 1. The molecule has 130 valence electrons. The number of carbonyl (C=O) groups is 2. The third kappa shape index (κ3) is 5.96. The predicted molar refractivity (Wildman–Crippen MR) is 90.4 cm³/mol. The number of hydrogen-bond donors (Lipinski definition) is 0. The molecule has 0 amide bonds. The van der Waals surface area contributed by atoms with Crippen LogP contribution >= 0.6 is 17.1 Å². The zero-order valence-corrected chi connectivity index (χ0v) is 16.1. The van der Waals surface area contributed by atoms with Gasteiger partial charge in [-0.3, -0.25) is 9.59 Å². The molecule has 1 atom stereocenters. The van der Waals surface area contributed by atoms with Crippen LogP contribution < -0.4 is 0 Å². The molecular formula is C12H20N3O5PS2. The van der Waals surface area contributed by atoms with E-state index in [1.54, 1.807) is 20.8 Å². The fourth-order valence-electron chi connectivity index (χ4n) is 1.41. The molecule has 0 saturated heterocycles. The van der Waals surface area contributed by atoms with Gasteiger partial charge in [0.2, 0.25) is 11.5 Å². The van der Waals surface area contributed by atoms with Crippen LogP contribution in [0.4, 0.5) is 0 Å². The Morgan fingerprint density at radius 2 is 1.96 bits per heavy atom. The molecule has 0 aromatic carbocycles. The first-order chi connectivity index (χ1) is 10.6. The van der Waals surface area contributed by atoms with E-state index in [0.29, 0.717) is 0 Å². The van der Waals surface area contributed by atoms with Crippen LogP contribution in [0.15, 0.2) is 12.7 Å². The first-order valence-electron chi connectivity index (χ1n) is 6.57. The van der Waals surface area contributed by atoms with Crippen molar-refractivity contribution in [1.29, 1.82) is 0 Å². The molecule has 1 heterocycles. The molecule has 0 fully saturated rings. The second-order valence-electron chi connectivity index (χ2n) is 5.42. The first kappa shape index (κ1) is 20.2. The number of hydrogen-bond acceptors (Lipinski definition) is 9. The van der Waals surface area contributed by atoms with Gasteiger partial charge in [0.25, 0.3) is 6.23 Å². The largest absolute Gasteiger partial charge is 0.431 e. The summed E-state index contributed by atoms with van der Waals surface area (Å²) in [6.07, 6.45) is 1.42. The Balaban J connectivity index is 2.81. The van der Waals surface area contributed by atoms with Gasteiger partial charge in [0.05, 0.1) is 0 Å². The Morgan fingerprint density at radius 3 is 2.39 bits per heavy atom. The topological polar surface area (TPSA) is 92.5 Å². The molecule has 1 unspecified atom stereocenters. The lowest BCUT2D eigenvalue weighted by Crippen LogP contribution is -2.34. The molecule has 0 aliphatic heterocycles. The van der Waals surface area contributed by atoms with E-state index in [4.69, 9.17) is 25.6 Å². The van der Waals surface area contributed by atoms with Crippen LogP contribution in [0.5, 0.6) is 0 Å². The molecule has 23 heavy (non-hydrogen) atoms. The summed E-state index contributed by atoms with van der Waals surface area (Å²) in [7, 11) is 2.84. The molecule has 0 spiro atoms. The zero-order chi connectivity index (χ0) is 17.7. The highest BCUT2D eigenvalue weighted by molar-refractivity contribution is 8.68. The van der Waals surface area contributed by atoms with Gasteiger partial charge < -0.3 is 13.8 Å². The van der Waals surface area contributed by atoms with Gasteiger partial charge >= 0.3 is 5.97 Å². The van der Waals surface area contributed by atoms with Crippen molar-refractivity contribution >= 4 is 40.6 Å². The molecule has 0 aliphatic rings. The maximum Gasteiger partial charge on any atom is 0.318 e. The number of Topliss-reactive ketones (excluding diaryl/α,β-unsaturated/α-hetero) is 1. The molecule has 0 N–H and O–H groups in total. The van der Waals surface area contributed by atoms with Crippen molar-refractivity contribution in [2.45, 2.75) is 27.0 Å². The number of esters is 1. The molecule has 1 aromatic rings. The normalized spacial score (nSPS) is 13.6. The van der Waals surface area contributed by atoms with Crippen molar-refractivity contribution in [3.05, 3.63) is 12.7 Å². The Kier molecular flexibility index (Phi) is 7.34. The summed E-state index contributed by atoms with van der Waals surface area (Å²) in [6.45, 7) is 5.20. The van der Waals surface area contributed by atoms with Crippen molar-refractivity contribution in [1.82, 2.24) is 14.8 Å². The van der Waals surface area contributed by atoms with Crippen LogP contribution in [0.1, 0.15) is 27.0 Å². The average molecular weight is 381 g/mol. The van der Waals surface area contributed by atoms with Crippen LogP contribution in [-0.4, -0.2) is 46.5 Å². The van der Waals surface area contributed by atoms with E-state index in [0.717, 1.165) is 11.4 Å². The van der Waals surface area contributed by atoms with Crippen LogP contribution in [0.25, 0.3) is 0 Å². The minimum Gasteiger partial charge on any atom is -0.431 e. The molecule has 1 aromatic heterocycles. The summed E-state index contributed by atoms with van der Waals surface area (Å²) in [5.41, 5.74) is -3.28. The third-order valence-electron chi connectivity index (χ3n) is 2.67. The van der Waals surface area contributed by atoms with Gasteiger partial charge in [0, 0.05) is 19.6 Å². The minimum atomic E-state index is -2.57. The van der Waals surface area contributed by atoms with Gasteiger partial charge in [-0.15, -0.1) is 0 Å². The lowest BCUT2D eigenvalue weighted by Gasteiger charge is -2.24. The van der Waals surface area contributed by atoms with E-state index < -0.39 is 23.3 Å². The van der Waals surface area contributed by atoms with Crippen molar-refractivity contribution in [2.75, 3.05) is 20.0 Å². The van der Waals surface area contributed by atoms with E-state index in [2.05, 4.69) is 10.1 Å². The Labute approximate surface area is 144 Å². The van der Waals surface area contributed by atoms with Crippen LogP contribution in [0.3, 0.4) is 0 Å². The predicted octanol–water partition coefficient (Wildman–Crippen LogP) is 2.19. The first-order valence-corrected chi connectivity index (χ1v) is 10.8. The maximum atomic E-state index is 12.5. The molecule has 0 saturated carbocycles. The van der Waals surface area contributed by atoms with E-state index in [9.17, 15) is 9.59 Å². The fraction of sp³-hybridized carbons (Fsp3) is 0.667. The van der Waals surface area contributed by atoms with E-state index in [1.165, 1.54) is 31.6 Å². The standard InChI is InChI=1S/C12H20N3O5PS2/c1-12(2,3)10(17)11(15-8-13-7-14-15)20-9(16)6-23-21(22,18-4)19-5/h7-8,11H,6H2,1-5H3. The van der Waals surface area contributed by atoms with Gasteiger partial charge in [-0.05, 0) is 11.8 Å². The Hall–Kier alpha value is -0.800. The van der Waals surface area contributed by atoms with Gasteiger partial charge in [0.1, 0.15) is 18.4 Å². The van der Waals surface area contributed by atoms with E-state index >= 15 is 0 Å². The number of rotatable bonds is 8. The van der Waals surface area contributed by atoms with Crippen LogP contribution in [-0.2, 0) is 35.2 Å². The molecular weight excluding hydrogens is 361 g/mol. The molecule has 11 heteroatoms. The second kappa shape index (κ2) is 8.34. The number of aromatic nitrogens is 3. The van der Waals surface area contributed by atoms with Crippen LogP contribution in [0.2, 0.25) is 0 Å². The monoisotopic (exact) mass is 381 g/mol. The smallest absolute Gasteiger partial charge is 0.318 e. The SMILES string of the molecule is COP(=S)(OC)SCC(=O)OC(C(=O)C(C)(C)C)n1cncn1. The number of ketones is 1. The molecule has 0 bridgehead atoms. The molecule has 0 aliphatic carbocycles.